The fraction of sp³-hybridized carbons (Fsp3) is 0.143. The molecule has 4 nitrogen and oxygen atoms in total. The number of hydrogen-bond donors (Lipinski definition) is 2. The molecule has 1 aliphatic heterocycles. The number of benzene rings is 1. The number of amides is 1. The molecule has 0 saturated heterocycles. The van der Waals surface area contributed by atoms with Crippen LogP contribution in [0.3, 0.4) is 0 Å². The van der Waals surface area contributed by atoms with E-state index in [0.717, 1.165) is 41.1 Å². The van der Waals surface area contributed by atoms with Crippen LogP contribution < -0.4 is 5.32 Å². The minimum Gasteiger partial charge on any atom is -0.358 e. The average molecular weight is 329 g/mol. The zero-order chi connectivity index (χ0) is 17.1. The smallest absolute Gasteiger partial charge is 0.253 e. The van der Waals surface area contributed by atoms with E-state index < -0.39 is 0 Å². The van der Waals surface area contributed by atoms with E-state index in [1.54, 1.807) is 6.20 Å². The summed E-state index contributed by atoms with van der Waals surface area (Å²) in [6.45, 7) is 0.690. The predicted molar refractivity (Wildman–Crippen MR) is 99.2 cm³/mol. The van der Waals surface area contributed by atoms with E-state index in [4.69, 9.17) is 0 Å². The molecule has 4 heteroatoms. The first-order chi connectivity index (χ1) is 12.3. The van der Waals surface area contributed by atoms with Crippen LogP contribution in [0.4, 0.5) is 0 Å². The van der Waals surface area contributed by atoms with Gasteiger partial charge in [-0.15, -0.1) is 0 Å². The van der Waals surface area contributed by atoms with Crippen LogP contribution in [-0.2, 0) is 12.8 Å². The van der Waals surface area contributed by atoms with Crippen LogP contribution in [0, 0.1) is 0 Å². The molecule has 0 spiro atoms. The van der Waals surface area contributed by atoms with Crippen molar-refractivity contribution in [3.8, 4) is 11.3 Å². The number of nitrogens with zero attached hydrogens (tertiary/aromatic N) is 1. The lowest BCUT2D eigenvalue weighted by Gasteiger charge is -2.10. The molecule has 0 fully saturated rings. The van der Waals surface area contributed by atoms with E-state index in [1.165, 1.54) is 5.56 Å². The number of pyridine rings is 1. The Morgan fingerprint density at radius 3 is 2.84 bits per heavy atom. The molecule has 124 valence electrons. The summed E-state index contributed by atoms with van der Waals surface area (Å²) in [7, 11) is 0. The lowest BCUT2D eigenvalue weighted by molar-refractivity contribution is 0.0946. The molecular formula is C21H19N3O. The number of H-pyrrole nitrogens is 1. The minimum atomic E-state index is 0.000728. The number of carbonyl (C=O) groups is 1. The van der Waals surface area contributed by atoms with E-state index in [1.807, 2.05) is 42.5 Å². The SMILES string of the molecule is O=C1NCCc2[nH]c(-c3ccnc(C=CCc4ccccc4)c3)cc21. The van der Waals surface area contributed by atoms with E-state index in [-0.39, 0.29) is 5.91 Å². The fourth-order valence-electron chi connectivity index (χ4n) is 3.09. The normalized spacial score (nSPS) is 13.7. The van der Waals surface area contributed by atoms with E-state index in [2.05, 4.69) is 33.5 Å². The van der Waals surface area contributed by atoms with Gasteiger partial charge in [0.25, 0.3) is 5.91 Å². The average Bonchev–Trinajstić information content (AvgIpc) is 3.09. The van der Waals surface area contributed by atoms with Gasteiger partial charge in [-0.05, 0) is 36.3 Å². The molecule has 0 bridgehead atoms. The fourth-order valence-corrected chi connectivity index (χ4v) is 3.09. The summed E-state index contributed by atoms with van der Waals surface area (Å²) in [5, 5.41) is 2.88. The molecule has 3 heterocycles. The summed E-state index contributed by atoms with van der Waals surface area (Å²) in [6.07, 6.45) is 7.68. The Morgan fingerprint density at radius 2 is 2.00 bits per heavy atom. The van der Waals surface area contributed by atoms with Crippen LogP contribution in [0.15, 0.2) is 60.8 Å². The highest BCUT2D eigenvalue weighted by Crippen LogP contribution is 2.24. The van der Waals surface area contributed by atoms with Crippen LogP contribution in [0.1, 0.15) is 27.3 Å². The van der Waals surface area contributed by atoms with Crippen molar-refractivity contribution < 1.29 is 4.79 Å². The molecule has 0 radical (unpaired) electrons. The maximum Gasteiger partial charge on any atom is 0.253 e. The number of aromatic amines is 1. The second kappa shape index (κ2) is 6.77. The third-order valence-electron chi connectivity index (χ3n) is 4.38. The minimum absolute atomic E-state index is 0.000728. The van der Waals surface area contributed by atoms with Crippen LogP contribution in [0.25, 0.3) is 17.3 Å². The van der Waals surface area contributed by atoms with Gasteiger partial charge in [-0.2, -0.15) is 0 Å². The molecule has 25 heavy (non-hydrogen) atoms. The summed E-state index contributed by atoms with van der Waals surface area (Å²) in [5.74, 6) is 0.000728. The second-order valence-electron chi connectivity index (χ2n) is 6.14. The number of allylic oxidation sites excluding steroid dienone is 1. The van der Waals surface area contributed by atoms with Gasteiger partial charge >= 0.3 is 0 Å². The van der Waals surface area contributed by atoms with Crippen molar-refractivity contribution in [3.63, 3.8) is 0 Å². The van der Waals surface area contributed by atoms with Gasteiger partial charge < -0.3 is 10.3 Å². The Labute approximate surface area is 146 Å². The highest BCUT2D eigenvalue weighted by molar-refractivity contribution is 5.97. The van der Waals surface area contributed by atoms with Crippen molar-refractivity contribution in [1.82, 2.24) is 15.3 Å². The van der Waals surface area contributed by atoms with Crippen LogP contribution in [0.5, 0.6) is 0 Å². The molecule has 0 aliphatic carbocycles. The van der Waals surface area contributed by atoms with Crippen LogP contribution in [-0.4, -0.2) is 22.4 Å². The molecule has 1 amide bonds. The Bertz CT molecular complexity index is 925. The summed E-state index contributed by atoms with van der Waals surface area (Å²) in [4.78, 5) is 19.7. The van der Waals surface area contributed by atoms with Gasteiger partial charge in [0.15, 0.2) is 0 Å². The maximum absolute atomic E-state index is 11.9. The van der Waals surface area contributed by atoms with E-state index in [0.29, 0.717) is 6.54 Å². The van der Waals surface area contributed by atoms with Gasteiger partial charge in [0.2, 0.25) is 0 Å². The Balaban J connectivity index is 1.54. The van der Waals surface area contributed by atoms with E-state index in [9.17, 15) is 4.79 Å². The van der Waals surface area contributed by atoms with Crippen molar-refractivity contribution in [2.45, 2.75) is 12.8 Å². The number of hydrogen-bond acceptors (Lipinski definition) is 2. The van der Waals surface area contributed by atoms with Crippen molar-refractivity contribution in [3.05, 3.63) is 83.3 Å². The predicted octanol–water partition coefficient (Wildman–Crippen LogP) is 3.62. The summed E-state index contributed by atoms with van der Waals surface area (Å²) >= 11 is 0. The molecule has 2 aromatic heterocycles. The highest BCUT2D eigenvalue weighted by Gasteiger charge is 2.19. The molecule has 1 aliphatic rings. The third kappa shape index (κ3) is 3.38. The molecule has 4 rings (SSSR count). The van der Waals surface area contributed by atoms with Gasteiger partial charge in [-0.1, -0.05) is 36.4 Å². The van der Waals surface area contributed by atoms with Gasteiger partial charge in [0.05, 0.1) is 11.3 Å². The highest BCUT2D eigenvalue weighted by atomic mass is 16.1. The first-order valence-corrected chi connectivity index (χ1v) is 8.46. The topological polar surface area (TPSA) is 57.8 Å². The number of carbonyl (C=O) groups excluding carboxylic acids is 1. The zero-order valence-electron chi connectivity index (χ0n) is 13.8. The first-order valence-electron chi connectivity index (χ1n) is 8.46. The van der Waals surface area contributed by atoms with Crippen LogP contribution in [0.2, 0.25) is 0 Å². The van der Waals surface area contributed by atoms with Crippen molar-refractivity contribution >= 4 is 12.0 Å². The largest absolute Gasteiger partial charge is 0.358 e. The van der Waals surface area contributed by atoms with E-state index >= 15 is 0 Å². The Kier molecular flexibility index (Phi) is 4.17. The Hall–Kier alpha value is -3.14. The van der Waals surface area contributed by atoms with Gasteiger partial charge in [0, 0.05) is 36.1 Å². The van der Waals surface area contributed by atoms with Gasteiger partial charge in [-0.3, -0.25) is 9.78 Å². The molecule has 2 N–H and O–H groups in total. The number of rotatable bonds is 4. The molecule has 3 aromatic rings. The first kappa shape index (κ1) is 15.4. The quantitative estimate of drug-likeness (QED) is 0.768. The van der Waals surface area contributed by atoms with Crippen LogP contribution >= 0.6 is 0 Å². The molecule has 1 aromatic carbocycles. The van der Waals surface area contributed by atoms with Crippen molar-refractivity contribution in [2.75, 3.05) is 6.54 Å². The third-order valence-corrected chi connectivity index (χ3v) is 4.38. The lowest BCUT2D eigenvalue weighted by atomic mass is 10.1. The van der Waals surface area contributed by atoms with Crippen molar-refractivity contribution in [2.24, 2.45) is 0 Å². The molecule has 0 unspecified atom stereocenters. The summed E-state index contributed by atoms with van der Waals surface area (Å²) in [6, 6.07) is 16.3. The number of fused-ring (bicyclic) bond motifs is 1. The lowest BCUT2D eigenvalue weighted by Crippen LogP contribution is -2.31. The number of nitrogens with one attached hydrogen (secondary N) is 2. The monoisotopic (exact) mass is 329 g/mol. The molecular weight excluding hydrogens is 310 g/mol. The maximum atomic E-state index is 11.9. The van der Waals surface area contributed by atoms with Gasteiger partial charge in [-0.25, -0.2) is 0 Å². The molecule has 0 saturated carbocycles. The van der Waals surface area contributed by atoms with Gasteiger partial charge in [0.1, 0.15) is 0 Å². The standard InChI is InChI=1S/C21H19N3O/c25-21-18-14-20(24-19(18)10-12-23-21)16-9-11-22-17(13-16)8-4-7-15-5-2-1-3-6-15/h1-6,8-9,11,13-14,24H,7,10,12H2,(H,23,25). The summed E-state index contributed by atoms with van der Waals surface area (Å²) < 4.78 is 0. The second-order valence-corrected chi connectivity index (χ2v) is 6.14. The number of aromatic nitrogens is 2. The summed E-state index contributed by atoms with van der Waals surface area (Å²) in [5.41, 5.74) is 5.94. The Morgan fingerprint density at radius 1 is 1.12 bits per heavy atom. The zero-order valence-corrected chi connectivity index (χ0v) is 13.8. The van der Waals surface area contributed by atoms with Crippen molar-refractivity contribution in [1.29, 1.82) is 0 Å². The molecule has 0 atom stereocenters.